The van der Waals surface area contributed by atoms with Crippen LogP contribution in [-0.2, 0) is 24.3 Å². The monoisotopic (exact) mass is 482 g/mol. The lowest BCUT2D eigenvalue weighted by Crippen LogP contribution is -2.39. The van der Waals surface area contributed by atoms with Crippen LogP contribution in [0.1, 0.15) is 39.0 Å². The van der Waals surface area contributed by atoms with Gasteiger partial charge in [0.25, 0.3) is 5.91 Å². The number of aliphatic hydroxyl groups is 1. The SMILES string of the molecule is COc1ccc(S(=O)(=O)N(CCO)CCO[C@H]2C[C@@H](C)C=C(C(=O)NC3CCCC3)O2)cc1. The molecule has 3 rings (SSSR count). The zero-order valence-electron chi connectivity index (χ0n) is 19.2. The molecule has 2 aliphatic rings. The van der Waals surface area contributed by atoms with Gasteiger partial charge in [-0.15, -0.1) is 0 Å². The lowest BCUT2D eigenvalue weighted by molar-refractivity contribution is -0.148. The maximum Gasteiger partial charge on any atom is 0.286 e. The zero-order valence-corrected chi connectivity index (χ0v) is 20.1. The van der Waals surface area contributed by atoms with E-state index < -0.39 is 16.3 Å². The molecule has 1 saturated carbocycles. The molecule has 1 amide bonds. The van der Waals surface area contributed by atoms with E-state index in [1.54, 1.807) is 18.2 Å². The van der Waals surface area contributed by atoms with Crippen molar-refractivity contribution in [3.63, 3.8) is 0 Å². The fourth-order valence-corrected chi connectivity index (χ4v) is 5.48. The van der Waals surface area contributed by atoms with Crippen molar-refractivity contribution in [2.45, 2.75) is 56.3 Å². The van der Waals surface area contributed by atoms with Crippen molar-refractivity contribution in [2.75, 3.05) is 33.4 Å². The third-order valence-electron chi connectivity index (χ3n) is 5.86. The van der Waals surface area contributed by atoms with Gasteiger partial charge >= 0.3 is 0 Å². The number of ether oxygens (including phenoxy) is 3. The number of carbonyl (C=O) groups excluding carboxylic acids is 1. The first kappa shape index (κ1) is 25.5. The number of sulfonamides is 1. The molecule has 2 atom stereocenters. The van der Waals surface area contributed by atoms with E-state index in [1.165, 1.54) is 23.5 Å². The number of nitrogens with one attached hydrogen (secondary N) is 1. The molecule has 1 aliphatic heterocycles. The fraction of sp³-hybridized carbons (Fsp3) is 0.609. The van der Waals surface area contributed by atoms with Crippen molar-refractivity contribution in [1.29, 1.82) is 0 Å². The number of rotatable bonds is 11. The van der Waals surface area contributed by atoms with Crippen LogP contribution in [0.5, 0.6) is 5.75 Å². The number of amides is 1. The highest BCUT2D eigenvalue weighted by Crippen LogP contribution is 2.25. The smallest absolute Gasteiger partial charge is 0.286 e. The number of benzene rings is 1. The molecule has 1 aromatic carbocycles. The Labute approximate surface area is 195 Å². The van der Waals surface area contributed by atoms with Gasteiger partial charge in [0.2, 0.25) is 16.3 Å². The second-order valence-corrected chi connectivity index (χ2v) is 10.4. The van der Waals surface area contributed by atoms with Crippen LogP contribution >= 0.6 is 0 Å². The van der Waals surface area contributed by atoms with Gasteiger partial charge in [-0.3, -0.25) is 4.79 Å². The van der Waals surface area contributed by atoms with Gasteiger partial charge in [0.05, 0.1) is 25.2 Å². The van der Waals surface area contributed by atoms with Crippen LogP contribution in [0.25, 0.3) is 0 Å². The molecule has 0 bridgehead atoms. The molecule has 0 spiro atoms. The minimum absolute atomic E-state index is 0.0382. The first-order valence-electron chi connectivity index (χ1n) is 11.4. The maximum absolute atomic E-state index is 13.0. The van der Waals surface area contributed by atoms with E-state index in [2.05, 4.69) is 5.32 Å². The third kappa shape index (κ3) is 6.92. The number of hydrogen-bond acceptors (Lipinski definition) is 7. The largest absolute Gasteiger partial charge is 0.497 e. The van der Waals surface area contributed by atoms with Gasteiger partial charge in [0, 0.05) is 25.6 Å². The summed E-state index contributed by atoms with van der Waals surface area (Å²) in [5.74, 6) is 0.662. The number of hydrogen-bond donors (Lipinski definition) is 2. The van der Waals surface area contributed by atoms with Gasteiger partial charge in [0.1, 0.15) is 5.75 Å². The average molecular weight is 483 g/mol. The summed E-state index contributed by atoms with van der Waals surface area (Å²) in [6, 6.07) is 6.26. The highest BCUT2D eigenvalue weighted by atomic mass is 32.2. The number of carbonyl (C=O) groups is 1. The normalized spacial score (nSPS) is 21.5. The summed E-state index contributed by atoms with van der Waals surface area (Å²) in [6.45, 7) is 1.70. The molecular formula is C23H34N2O7S. The van der Waals surface area contributed by atoms with Gasteiger partial charge in [-0.2, -0.15) is 4.31 Å². The van der Waals surface area contributed by atoms with E-state index in [4.69, 9.17) is 14.2 Å². The van der Waals surface area contributed by atoms with Crippen molar-refractivity contribution in [3.05, 3.63) is 36.1 Å². The summed E-state index contributed by atoms with van der Waals surface area (Å²) in [5, 5.41) is 12.4. The number of nitrogens with zero attached hydrogens (tertiary/aromatic N) is 1. The molecule has 10 heteroatoms. The molecule has 1 fully saturated rings. The minimum Gasteiger partial charge on any atom is -0.497 e. The van der Waals surface area contributed by atoms with E-state index in [-0.39, 0.29) is 54.8 Å². The summed E-state index contributed by atoms with van der Waals surface area (Å²) in [4.78, 5) is 12.7. The van der Waals surface area contributed by atoms with E-state index >= 15 is 0 Å². The van der Waals surface area contributed by atoms with Crippen LogP contribution in [0.3, 0.4) is 0 Å². The predicted molar refractivity (Wildman–Crippen MR) is 122 cm³/mol. The van der Waals surface area contributed by atoms with Crippen LogP contribution in [-0.4, -0.2) is 69.5 Å². The van der Waals surface area contributed by atoms with Crippen molar-refractivity contribution >= 4 is 15.9 Å². The van der Waals surface area contributed by atoms with Crippen molar-refractivity contribution < 1.29 is 32.5 Å². The standard InChI is InChI=1S/C23H34N2O7S/c1-17-15-21(23(27)24-18-5-3-4-6-18)32-22(16-17)31-14-12-25(11-13-26)33(28,29)20-9-7-19(30-2)8-10-20/h7-10,15,17-18,22,26H,3-6,11-14,16H2,1-2H3,(H,24,27)/t17-,22+/m0/s1. The first-order valence-corrected chi connectivity index (χ1v) is 12.8. The second-order valence-electron chi connectivity index (χ2n) is 8.42. The average Bonchev–Trinajstić information content (AvgIpc) is 3.31. The van der Waals surface area contributed by atoms with E-state index in [0.717, 1.165) is 25.7 Å². The summed E-state index contributed by atoms with van der Waals surface area (Å²) in [5.41, 5.74) is 0. The van der Waals surface area contributed by atoms with Crippen molar-refractivity contribution in [1.82, 2.24) is 9.62 Å². The molecule has 0 radical (unpaired) electrons. The Bertz CT molecular complexity index is 911. The summed E-state index contributed by atoms with van der Waals surface area (Å²) >= 11 is 0. The highest BCUT2D eigenvalue weighted by Gasteiger charge is 2.29. The van der Waals surface area contributed by atoms with Crippen LogP contribution in [0.4, 0.5) is 0 Å². The third-order valence-corrected chi connectivity index (χ3v) is 7.78. The van der Waals surface area contributed by atoms with E-state index in [0.29, 0.717) is 12.2 Å². The molecule has 2 N–H and O–H groups in total. The van der Waals surface area contributed by atoms with Crippen molar-refractivity contribution in [2.24, 2.45) is 5.92 Å². The fourth-order valence-electron chi connectivity index (χ4n) is 4.06. The van der Waals surface area contributed by atoms with Gasteiger partial charge in [-0.1, -0.05) is 19.8 Å². The summed E-state index contributed by atoms with van der Waals surface area (Å²) in [6.07, 6.45) is 5.93. The Balaban J connectivity index is 1.56. The van der Waals surface area contributed by atoms with Gasteiger partial charge in [-0.05, 0) is 49.1 Å². The van der Waals surface area contributed by atoms with Crippen molar-refractivity contribution in [3.8, 4) is 5.75 Å². The Morgan fingerprint density at radius 2 is 1.91 bits per heavy atom. The first-order chi connectivity index (χ1) is 15.8. The second kappa shape index (κ2) is 11.8. The minimum atomic E-state index is -3.82. The lowest BCUT2D eigenvalue weighted by Gasteiger charge is -2.29. The quantitative estimate of drug-likeness (QED) is 0.496. The predicted octanol–water partition coefficient (Wildman–Crippen LogP) is 2.02. The molecule has 0 aromatic heterocycles. The molecule has 33 heavy (non-hydrogen) atoms. The number of allylic oxidation sites excluding steroid dienone is 1. The molecule has 1 aliphatic carbocycles. The van der Waals surface area contributed by atoms with Crippen LogP contribution in [0.15, 0.2) is 41.0 Å². The Kier molecular flexibility index (Phi) is 9.13. The van der Waals surface area contributed by atoms with E-state index in [1.807, 2.05) is 6.92 Å². The number of methoxy groups -OCH3 is 1. The van der Waals surface area contributed by atoms with E-state index in [9.17, 15) is 18.3 Å². The highest BCUT2D eigenvalue weighted by molar-refractivity contribution is 7.89. The number of aliphatic hydroxyl groups excluding tert-OH is 1. The lowest BCUT2D eigenvalue weighted by atomic mass is 10.0. The van der Waals surface area contributed by atoms with Crippen LogP contribution in [0.2, 0.25) is 0 Å². The Hall–Kier alpha value is -2.14. The molecule has 0 unspecified atom stereocenters. The molecule has 184 valence electrons. The summed E-state index contributed by atoms with van der Waals surface area (Å²) < 4.78 is 43.8. The summed E-state index contributed by atoms with van der Waals surface area (Å²) in [7, 11) is -2.31. The van der Waals surface area contributed by atoms with Crippen LogP contribution < -0.4 is 10.1 Å². The molecule has 1 heterocycles. The topological polar surface area (TPSA) is 114 Å². The van der Waals surface area contributed by atoms with Gasteiger partial charge < -0.3 is 24.6 Å². The van der Waals surface area contributed by atoms with Gasteiger partial charge in [0.15, 0.2) is 5.76 Å². The van der Waals surface area contributed by atoms with Gasteiger partial charge in [-0.25, -0.2) is 8.42 Å². The molecular weight excluding hydrogens is 448 g/mol. The zero-order chi connectivity index (χ0) is 23.8. The molecule has 0 saturated heterocycles. The maximum atomic E-state index is 13.0. The molecule has 9 nitrogen and oxygen atoms in total. The van der Waals surface area contributed by atoms with Crippen LogP contribution in [0, 0.1) is 5.92 Å². The molecule has 1 aromatic rings. The Morgan fingerprint density at radius 3 is 2.55 bits per heavy atom. The Morgan fingerprint density at radius 1 is 1.21 bits per heavy atom.